The Morgan fingerprint density at radius 1 is 1.47 bits per heavy atom. The van der Waals surface area contributed by atoms with E-state index in [9.17, 15) is 4.79 Å². The third-order valence-electron chi connectivity index (χ3n) is 2.55. The van der Waals surface area contributed by atoms with E-state index in [4.69, 9.17) is 11.6 Å². The van der Waals surface area contributed by atoms with Crippen molar-refractivity contribution in [2.45, 2.75) is 24.8 Å². The maximum atomic E-state index is 11.1. The van der Waals surface area contributed by atoms with Gasteiger partial charge in [-0.2, -0.15) is 0 Å². The van der Waals surface area contributed by atoms with E-state index < -0.39 is 0 Å². The van der Waals surface area contributed by atoms with Crippen LogP contribution in [0.25, 0.3) is 0 Å². The van der Waals surface area contributed by atoms with Crippen LogP contribution in [0.3, 0.4) is 0 Å². The van der Waals surface area contributed by atoms with E-state index in [1.54, 1.807) is 6.07 Å². The fraction of sp³-hybridized carbons (Fsp3) is 0.455. The van der Waals surface area contributed by atoms with Crippen LogP contribution in [-0.2, 0) is 6.42 Å². The lowest BCUT2D eigenvalue weighted by Crippen LogP contribution is -2.17. The lowest BCUT2D eigenvalue weighted by Gasteiger charge is -2.18. The van der Waals surface area contributed by atoms with Crippen LogP contribution in [0.2, 0.25) is 0 Å². The minimum atomic E-state index is -0.0592. The number of hydrogen-bond acceptors (Lipinski definition) is 2. The smallest absolute Gasteiger partial charge is 0.248 e. The first-order valence-corrected chi connectivity index (χ1v) is 5.53. The summed E-state index contributed by atoms with van der Waals surface area (Å²) in [7, 11) is 0. The van der Waals surface area contributed by atoms with Gasteiger partial charge in [0.15, 0.2) is 0 Å². The predicted octanol–water partition coefficient (Wildman–Crippen LogP) is 1.96. The number of halogens is 1. The average Bonchev–Trinajstić information content (AvgIpc) is 2.22. The molecule has 0 saturated heterocycles. The minimum absolute atomic E-state index is 0.0459. The van der Waals surface area contributed by atoms with Crippen LogP contribution in [-0.4, -0.2) is 16.7 Å². The topological polar surface area (TPSA) is 45.2 Å². The molecule has 0 aliphatic carbocycles. The third kappa shape index (κ3) is 2.93. The number of nitrogens with one attached hydrogen (secondary N) is 1. The number of H-pyrrole nitrogens is 1. The van der Waals surface area contributed by atoms with Crippen molar-refractivity contribution in [1.82, 2.24) is 4.98 Å². The van der Waals surface area contributed by atoms with Gasteiger partial charge in [-0.15, -0.1) is 0 Å². The zero-order valence-corrected chi connectivity index (χ0v) is 9.07. The van der Waals surface area contributed by atoms with Crippen LogP contribution in [0.4, 0.5) is 0 Å². The fourth-order valence-corrected chi connectivity index (χ4v) is 1.96. The maximum Gasteiger partial charge on any atom is 0.248 e. The van der Waals surface area contributed by atoms with Gasteiger partial charge in [0.2, 0.25) is 5.56 Å². The van der Waals surface area contributed by atoms with Gasteiger partial charge in [-0.1, -0.05) is 17.7 Å². The predicted molar refractivity (Wildman–Crippen MR) is 61.6 cm³/mol. The second-order valence-electron chi connectivity index (χ2n) is 3.81. The highest BCUT2D eigenvalue weighted by atomic mass is 35.5. The Morgan fingerprint density at radius 3 is 3.00 bits per heavy atom. The zero-order chi connectivity index (χ0) is 10.7. The highest BCUT2D eigenvalue weighted by Gasteiger charge is 2.15. The average molecular weight is 225 g/mol. The number of aliphatic imine (C=N–C) groups is 1. The monoisotopic (exact) mass is 224 g/mol. The van der Waals surface area contributed by atoms with E-state index in [0.29, 0.717) is 5.92 Å². The molecule has 4 heteroatoms. The Hall–Kier alpha value is -1.09. The number of hydrogen-bond donors (Lipinski definition) is 1. The molecule has 1 aliphatic heterocycles. The molecule has 3 nitrogen and oxygen atoms in total. The standard InChI is InChI=1S/C11H13ClN2O/c12-10-5-4-8(7-13-10)6-9-2-1-3-11(15)14-9/h1-3,7-8,10H,4-6H2,(H,14,15). The van der Waals surface area contributed by atoms with Gasteiger partial charge in [-0.25, -0.2) is 0 Å². The normalized spacial score (nSPS) is 25.4. The first-order valence-electron chi connectivity index (χ1n) is 5.09. The number of aromatic amines is 1. The summed E-state index contributed by atoms with van der Waals surface area (Å²) in [5.41, 5.74) is 0.860. The first-order chi connectivity index (χ1) is 7.24. The van der Waals surface area contributed by atoms with Gasteiger partial charge in [0.05, 0.1) is 0 Å². The summed E-state index contributed by atoms with van der Waals surface area (Å²) in [6.07, 6.45) is 4.70. The van der Waals surface area contributed by atoms with Crippen LogP contribution in [0, 0.1) is 5.92 Å². The number of alkyl halides is 1. The first kappa shape index (κ1) is 10.4. The van der Waals surface area contributed by atoms with Crippen molar-refractivity contribution < 1.29 is 0 Å². The number of aromatic nitrogens is 1. The van der Waals surface area contributed by atoms with Crippen molar-refractivity contribution in [3.8, 4) is 0 Å². The molecule has 2 heterocycles. The zero-order valence-electron chi connectivity index (χ0n) is 8.32. The summed E-state index contributed by atoms with van der Waals surface area (Å²) in [6, 6.07) is 5.23. The van der Waals surface area contributed by atoms with Gasteiger partial charge in [0.1, 0.15) is 5.50 Å². The highest BCUT2D eigenvalue weighted by molar-refractivity contribution is 6.20. The Morgan fingerprint density at radius 2 is 2.33 bits per heavy atom. The van der Waals surface area contributed by atoms with Gasteiger partial charge in [0, 0.05) is 18.0 Å². The van der Waals surface area contributed by atoms with Crippen LogP contribution < -0.4 is 5.56 Å². The van der Waals surface area contributed by atoms with Crippen molar-refractivity contribution in [3.63, 3.8) is 0 Å². The van der Waals surface area contributed by atoms with E-state index in [1.165, 1.54) is 6.07 Å². The molecule has 0 radical (unpaired) electrons. The molecule has 1 aromatic rings. The molecular weight excluding hydrogens is 212 g/mol. The Labute approximate surface area is 93.2 Å². The Kier molecular flexibility index (Phi) is 3.21. The van der Waals surface area contributed by atoms with Gasteiger partial charge >= 0.3 is 0 Å². The highest BCUT2D eigenvalue weighted by Crippen LogP contribution is 2.20. The van der Waals surface area contributed by atoms with Crippen LogP contribution >= 0.6 is 11.6 Å². The molecule has 0 amide bonds. The van der Waals surface area contributed by atoms with E-state index in [1.807, 2.05) is 12.3 Å². The summed E-state index contributed by atoms with van der Waals surface area (Å²) >= 11 is 5.85. The number of nitrogens with zero attached hydrogens (tertiary/aromatic N) is 1. The molecule has 1 aliphatic rings. The molecule has 0 saturated carbocycles. The minimum Gasteiger partial charge on any atom is -0.326 e. The van der Waals surface area contributed by atoms with Gasteiger partial charge < -0.3 is 4.98 Å². The summed E-state index contributed by atoms with van der Waals surface area (Å²) in [5, 5.41) is 0. The lowest BCUT2D eigenvalue weighted by atomic mass is 9.96. The van der Waals surface area contributed by atoms with Gasteiger partial charge in [0.25, 0.3) is 0 Å². The molecule has 80 valence electrons. The second-order valence-corrected chi connectivity index (χ2v) is 4.32. The SMILES string of the molecule is O=c1cccc(CC2C=NC(Cl)CC2)[nH]1. The summed E-state index contributed by atoms with van der Waals surface area (Å²) in [5.74, 6) is 0.401. The molecule has 2 atom stereocenters. The van der Waals surface area contributed by atoms with Crippen LogP contribution in [0.1, 0.15) is 18.5 Å². The molecule has 0 bridgehead atoms. The number of pyridine rings is 1. The molecular formula is C11H13ClN2O. The van der Waals surface area contributed by atoms with Crippen molar-refractivity contribution in [1.29, 1.82) is 0 Å². The summed E-state index contributed by atoms with van der Waals surface area (Å²) < 4.78 is 0. The van der Waals surface area contributed by atoms with E-state index >= 15 is 0 Å². The van der Waals surface area contributed by atoms with Crippen molar-refractivity contribution >= 4 is 17.8 Å². The van der Waals surface area contributed by atoms with Crippen molar-refractivity contribution in [2.75, 3.05) is 0 Å². The van der Waals surface area contributed by atoms with E-state index in [-0.39, 0.29) is 11.1 Å². The quantitative estimate of drug-likeness (QED) is 0.606. The molecule has 0 fully saturated rings. The third-order valence-corrected chi connectivity index (χ3v) is 2.88. The molecule has 0 spiro atoms. The van der Waals surface area contributed by atoms with Crippen LogP contribution in [0.15, 0.2) is 28.0 Å². The van der Waals surface area contributed by atoms with Crippen molar-refractivity contribution in [2.24, 2.45) is 10.9 Å². The second kappa shape index (κ2) is 4.62. The Bertz CT molecular complexity index is 413. The summed E-state index contributed by atoms with van der Waals surface area (Å²) in [6.45, 7) is 0. The largest absolute Gasteiger partial charge is 0.326 e. The van der Waals surface area contributed by atoms with Crippen molar-refractivity contribution in [3.05, 3.63) is 34.2 Å². The maximum absolute atomic E-state index is 11.1. The van der Waals surface area contributed by atoms with E-state index in [0.717, 1.165) is 25.0 Å². The molecule has 15 heavy (non-hydrogen) atoms. The lowest BCUT2D eigenvalue weighted by molar-refractivity contribution is 0.552. The number of rotatable bonds is 2. The fourth-order valence-electron chi connectivity index (χ4n) is 1.77. The molecule has 1 N–H and O–H groups in total. The van der Waals surface area contributed by atoms with E-state index in [2.05, 4.69) is 9.98 Å². The van der Waals surface area contributed by atoms with Crippen LogP contribution in [0.5, 0.6) is 0 Å². The molecule has 0 aromatic carbocycles. The van der Waals surface area contributed by atoms with Gasteiger partial charge in [-0.05, 0) is 31.2 Å². The molecule has 2 unspecified atom stereocenters. The van der Waals surface area contributed by atoms with Gasteiger partial charge in [-0.3, -0.25) is 9.79 Å². The Balaban J connectivity index is 2.03. The molecule has 1 aromatic heterocycles. The summed E-state index contributed by atoms with van der Waals surface area (Å²) in [4.78, 5) is 18.1. The molecule has 2 rings (SSSR count).